The molecular formula is C15H10BrClN2O. The fourth-order valence-corrected chi connectivity index (χ4v) is 2.46. The van der Waals surface area contributed by atoms with Crippen LogP contribution < -0.4 is 5.56 Å². The molecule has 20 heavy (non-hydrogen) atoms. The number of nitrogens with zero attached hydrogens (tertiary/aromatic N) is 2. The lowest BCUT2D eigenvalue weighted by molar-refractivity contribution is 0.748. The van der Waals surface area contributed by atoms with Crippen LogP contribution in [0.2, 0.25) is 5.02 Å². The summed E-state index contributed by atoms with van der Waals surface area (Å²) >= 11 is 9.29. The molecular weight excluding hydrogens is 340 g/mol. The highest BCUT2D eigenvalue weighted by Crippen LogP contribution is 2.15. The normalized spacial score (nSPS) is 10.9. The van der Waals surface area contributed by atoms with Gasteiger partial charge in [0, 0.05) is 9.50 Å². The number of aromatic nitrogens is 2. The van der Waals surface area contributed by atoms with Gasteiger partial charge in [0.1, 0.15) is 0 Å². The van der Waals surface area contributed by atoms with Crippen molar-refractivity contribution in [2.24, 2.45) is 0 Å². The fourth-order valence-electron chi connectivity index (χ4n) is 2.03. The first kappa shape index (κ1) is 13.3. The number of rotatable bonds is 2. The van der Waals surface area contributed by atoms with Crippen LogP contribution in [-0.2, 0) is 6.54 Å². The summed E-state index contributed by atoms with van der Waals surface area (Å²) in [6.07, 6.45) is 1.56. The van der Waals surface area contributed by atoms with Gasteiger partial charge in [0.15, 0.2) is 0 Å². The summed E-state index contributed by atoms with van der Waals surface area (Å²) < 4.78 is 2.61. The van der Waals surface area contributed by atoms with Crippen molar-refractivity contribution in [1.82, 2.24) is 9.55 Å². The largest absolute Gasteiger partial charge is 0.294 e. The van der Waals surface area contributed by atoms with E-state index in [1.807, 2.05) is 24.3 Å². The Bertz CT molecular complexity index is 827. The quantitative estimate of drug-likeness (QED) is 0.704. The molecule has 0 bridgehead atoms. The lowest BCUT2D eigenvalue weighted by Crippen LogP contribution is -2.21. The molecule has 0 fully saturated rings. The molecule has 0 aliphatic carbocycles. The zero-order valence-corrected chi connectivity index (χ0v) is 12.7. The van der Waals surface area contributed by atoms with E-state index in [0.29, 0.717) is 22.5 Å². The minimum absolute atomic E-state index is 0.0606. The lowest BCUT2D eigenvalue weighted by Gasteiger charge is -2.07. The fraction of sp³-hybridized carbons (Fsp3) is 0.0667. The summed E-state index contributed by atoms with van der Waals surface area (Å²) in [5.41, 5.74) is 1.61. The Hall–Kier alpha value is -1.65. The highest BCUT2D eigenvalue weighted by Gasteiger charge is 2.05. The molecule has 5 heteroatoms. The summed E-state index contributed by atoms with van der Waals surface area (Å²) in [5.74, 6) is 0. The first-order valence-electron chi connectivity index (χ1n) is 6.02. The first-order valence-corrected chi connectivity index (χ1v) is 7.20. The van der Waals surface area contributed by atoms with Gasteiger partial charge in [-0.2, -0.15) is 0 Å². The number of halogens is 2. The molecule has 0 aliphatic rings. The second-order valence-electron chi connectivity index (χ2n) is 4.47. The summed E-state index contributed by atoms with van der Waals surface area (Å²) in [7, 11) is 0. The van der Waals surface area contributed by atoms with Crippen LogP contribution >= 0.6 is 27.5 Å². The summed E-state index contributed by atoms with van der Waals surface area (Å²) in [6, 6.07) is 13.0. The molecule has 0 atom stereocenters. The Morgan fingerprint density at radius 1 is 1.15 bits per heavy atom. The van der Waals surface area contributed by atoms with E-state index in [-0.39, 0.29) is 5.56 Å². The van der Waals surface area contributed by atoms with Crippen molar-refractivity contribution in [3.63, 3.8) is 0 Å². The molecule has 0 unspecified atom stereocenters. The summed E-state index contributed by atoms with van der Waals surface area (Å²) in [4.78, 5) is 16.7. The zero-order valence-electron chi connectivity index (χ0n) is 10.4. The van der Waals surface area contributed by atoms with E-state index in [9.17, 15) is 4.79 Å². The topological polar surface area (TPSA) is 34.9 Å². The Balaban J connectivity index is 2.04. The van der Waals surface area contributed by atoms with Gasteiger partial charge in [-0.3, -0.25) is 9.36 Å². The number of fused-ring (bicyclic) bond motifs is 1. The molecule has 0 amide bonds. The molecule has 0 saturated carbocycles. The Morgan fingerprint density at radius 2 is 1.90 bits per heavy atom. The maximum absolute atomic E-state index is 12.4. The maximum Gasteiger partial charge on any atom is 0.261 e. The predicted octanol–water partition coefficient (Wildman–Crippen LogP) is 3.86. The molecule has 1 heterocycles. The molecule has 2 aromatic carbocycles. The van der Waals surface area contributed by atoms with Gasteiger partial charge in [-0.05, 0) is 35.9 Å². The van der Waals surface area contributed by atoms with E-state index in [2.05, 4.69) is 20.9 Å². The molecule has 100 valence electrons. The third-order valence-corrected chi connectivity index (χ3v) is 3.82. The number of hydrogen-bond acceptors (Lipinski definition) is 2. The van der Waals surface area contributed by atoms with Crippen LogP contribution in [-0.4, -0.2) is 9.55 Å². The molecule has 3 nitrogen and oxygen atoms in total. The van der Waals surface area contributed by atoms with Crippen LogP contribution in [0.5, 0.6) is 0 Å². The third kappa shape index (κ3) is 2.62. The first-order chi connectivity index (χ1) is 9.63. The monoisotopic (exact) mass is 348 g/mol. The lowest BCUT2D eigenvalue weighted by atomic mass is 10.2. The van der Waals surface area contributed by atoms with Crippen LogP contribution in [0.3, 0.4) is 0 Å². The molecule has 0 spiro atoms. The molecule has 0 aliphatic heterocycles. The van der Waals surface area contributed by atoms with Crippen LogP contribution in [0.1, 0.15) is 5.56 Å². The van der Waals surface area contributed by atoms with E-state index >= 15 is 0 Å². The highest BCUT2D eigenvalue weighted by atomic mass is 79.9. The van der Waals surface area contributed by atoms with Gasteiger partial charge in [0.2, 0.25) is 0 Å². The third-order valence-electron chi connectivity index (χ3n) is 3.05. The smallest absolute Gasteiger partial charge is 0.261 e. The van der Waals surface area contributed by atoms with Crippen LogP contribution in [0.15, 0.2) is 58.1 Å². The van der Waals surface area contributed by atoms with Crippen LogP contribution in [0.4, 0.5) is 0 Å². The molecule has 3 aromatic rings. The van der Waals surface area contributed by atoms with Crippen molar-refractivity contribution in [1.29, 1.82) is 0 Å². The van der Waals surface area contributed by atoms with E-state index in [1.54, 1.807) is 29.1 Å². The van der Waals surface area contributed by atoms with Crippen molar-refractivity contribution in [3.05, 3.63) is 74.2 Å². The van der Waals surface area contributed by atoms with Gasteiger partial charge in [-0.25, -0.2) is 4.98 Å². The number of benzene rings is 2. The van der Waals surface area contributed by atoms with Crippen molar-refractivity contribution in [2.45, 2.75) is 6.54 Å². The van der Waals surface area contributed by atoms with Gasteiger partial charge in [0.25, 0.3) is 5.56 Å². The molecule has 3 rings (SSSR count). The Labute approximate surface area is 129 Å². The van der Waals surface area contributed by atoms with E-state index in [4.69, 9.17) is 11.6 Å². The summed E-state index contributed by atoms with van der Waals surface area (Å²) in [5, 5.41) is 1.16. The summed E-state index contributed by atoms with van der Waals surface area (Å²) in [6.45, 7) is 0.498. The minimum Gasteiger partial charge on any atom is -0.294 e. The van der Waals surface area contributed by atoms with Crippen molar-refractivity contribution >= 4 is 38.4 Å². The van der Waals surface area contributed by atoms with E-state index < -0.39 is 0 Å². The number of hydrogen-bond donors (Lipinski definition) is 0. The maximum atomic E-state index is 12.4. The van der Waals surface area contributed by atoms with Crippen LogP contribution in [0.25, 0.3) is 10.9 Å². The standard InChI is InChI=1S/C15H10BrClN2O/c16-11-3-1-10(2-4-11)8-19-9-18-14-7-12(17)5-6-13(14)15(19)20/h1-7,9H,8H2. The van der Waals surface area contributed by atoms with E-state index in [0.717, 1.165) is 10.0 Å². The van der Waals surface area contributed by atoms with Crippen molar-refractivity contribution in [3.8, 4) is 0 Å². The highest BCUT2D eigenvalue weighted by molar-refractivity contribution is 9.10. The molecule has 1 aromatic heterocycles. The molecule has 0 saturated heterocycles. The van der Waals surface area contributed by atoms with Gasteiger partial charge >= 0.3 is 0 Å². The van der Waals surface area contributed by atoms with Gasteiger partial charge in [-0.1, -0.05) is 39.7 Å². The van der Waals surface area contributed by atoms with Gasteiger partial charge < -0.3 is 0 Å². The Kier molecular flexibility index (Phi) is 3.59. The average molecular weight is 350 g/mol. The Morgan fingerprint density at radius 3 is 2.65 bits per heavy atom. The van der Waals surface area contributed by atoms with Gasteiger partial charge in [-0.15, -0.1) is 0 Å². The van der Waals surface area contributed by atoms with Crippen LogP contribution in [0, 0.1) is 0 Å². The second-order valence-corrected chi connectivity index (χ2v) is 5.82. The van der Waals surface area contributed by atoms with Crippen molar-refractivity contribution < 1.29 is 0 Å². The minimum atomic E-state index is -0.0606. The van der Waals surface area contributed by atoms with Gasteiger partial charge in [0.05, 0.1) is 23.8 Å². The SMILES string of the molecule is O=c1c2ccc(Cl)cc2ncn1Cc1ccc(Br)cc1. The second kappa shape index (κ2) is 5.38. The van der Waals surface area contributed by atoms with Crippen molar-refractivity contribution in [2.75, 3.05) is 0 Å². The molecule has 0 N–H and O–H groups in total. The average Bonchev–Trinajstić information content (AvgIpc) is 2.44. The molecule has 0 radical (unpaired) electrons. The predicted molar refractivity (Wildman–Crippen MR) is 84.3 cm³/mol. The van der Waals surface area contributed by atoms with E-state index in [1.165, 1.54) is 0 Å². The zero-order chi connectivity index (χ0) is 14.1.